The number of carbonyl (C=O) groups is 1. The first-order valence-electron chi connectivity index (χ1n) is 5.43. The Morgan fingerprint density at radius 1 is 1.26 bits per heavy atom. The molecule has 1 heterocycles. The van der Waals surface area contributed by atoms with E-state index in [1.54, 1.807) is 0 Å². The molecule has 0 saturated carbocycles. The van der Waals surface area contributed by atoms with Crippen LogP contribution < -0.4 is 4.74 Å². The van der Waals surface area contributed by atoms with Crippen LogP contribution in [0.1, 0.15) is 15.9 Å². The molecule has 0 spiro atoms. The molecule has 1 aromatic carbocycles. The quantitative estimate of drug-likeness (QED) is 0.812. The molecule has 19 heavy (non-hydrogen) atoms. The van der Waals surface area contributed by atoms with Crippen molar-refractivity contribution in [2.45, 2.75) is 6.61 Å². The Balaban J connectivity index is 2.21. The van der Waals surface area contributed by atoms with E-state index in [0.717, 1.165) is 5.56 Å². The van der Waals surface area contributed by atoms with Crippen molar-refractivity contribution in [3.05, 3.63) is 58.9 Å². The van der Waals surface area contributed by atoms with Gasteiger partial charge in [0, 0.05) is 6.20 Å². The number of halogens is 1. The predicted molar refractivity (Wildman–Crippen MR) is 75.1 cm³/mol. The van der Waals surface area contributed by atoms with Gasteiger partial charge in [0.25, 0.3) is 0 Å². The fraction of sp³-hybridized carbons (Fsp3) is 0.0769. The van der Waals surface area contributed by atoms with Crippen molar-refractivity contribution in [1.29, 1.82) is 0 Å². The molecule has 0 bridgehead atoms. The average Bonchev–Trinajstić information content (AvgIpc) is 2.45. The van der Waals surface area contributed by atoms with E-state index in [1.807, 2.05) is 39.8 Å². The third kappa shape index (κ3) is 3.43. The zero-order valence-electron chi connectivity index (χ0n) is 9.88. The van der Waals surface area contributed by atoms with E-state index in [0.29, 0.717) is 12.4 Å². The van der Waals surface area contributed by atoms with Crippen LogP contribution in [0, 0.1) is 0 Å². The summed E-state index contributed by atoms with van der Waals surface area (Å²) in [6, 6.07) is 9.58. The van der Waals surface area contributed by atoms with E-state index >= 15 is 0 Å². The van der Waals surface area contributed by atoms with E-state index in [-0.39, 0.29) is 10.6 Å². The van der Waals surface area contributed by atoms with Crippen LogP contribution in [-0.4, -0.2) is 11.0 Å². The molecule has 2 aromatic rings. The lowest BCUT2D eigenvalue weighted by molar-refractivity contribution is 0.0760. The summed E-state index contributed by atoms with van der Waals surface area (Å²) >= 11 is 5.93. The molecule has 98 valence electrons. The smallest absolute Gasteiger partial charge is 0.345 e. The molecule has 0 aliphatic carbocycles. The van der Waals surface area contributed by atoms with Crippen LogP contribution in [0.5, 0.6) is 5.75 Å². The number of carbonyl (C=O) groups excluding carboxylic acids is 1. The van der Waals surface area contributed by atoms with Crippen LogP contribution in [0.4, 0.5) is 0 Å². The number of hydrogen-bond donors (Lipinski definition) is 0. The average molecular weight is 296 g/mol. The monoisotopic (exact) mass is 295 g/mol. The summed E-state index contributed by atoms with van der Waals surface area (Å²) in [7, 11) is 1.89. The lowest BCUT2D eigenvalue weighted by Crippen LogP contribution is -2.05. The van der Waals surface area contributed by atoms with Crippen molar-refractivity contribution < 1.29 is 14.1 Å². The molecule has 0 fully saturated rings. The van der Waals surface area contributed by atoms with Crippen LogP contribution in [0.15, 0.2) is 42.7 Å². The minimum atomic E-state index is -0.583. The Kier molecular flexibility index (Phi) is 4.72. The standard InChI is InChI=1S/C13H11ClNO3P/c14-10-6-15-7-11(12(10)13(16)18-19)17-8-9-4-2-1-3-5-9/h1-7H,8,19H2. The summed E-state index contributed by atoms with van der Waals surface area (Å²) in [6.45, 7) is 0.319. The van der Waals surface area contributed by atoms with Gasteiger partial charge in [-0.05, 0) is 5.56 Å². The molecule has 0 N–H and O–H groups in total. The van der Waals surface area contributed by atoms with Crippen molar-refractivity contribution in [3.8, 4) is 5.75 Å². The summed E-state index contributed by atoms with van der Waals surface area (Å²) in [5, 5.41) is 0.193. The second-order valence-electron chi connectivity index (χ2n) is 3.67. The highest BCUT2D eigenvalue weighted by atomic mass is 35.5. The molecule has 0 aliphatic rings. The second-order valence-corrected chi connectivity index (χ2v) is 4.32. The van der Waals surface area contributed by atoms with Gasteiger partial charge in [0.05, 0.1) is 20.7 Å². The van der Waals surface area contributed by atoms with Gasteiger partial charge in [-0.15, -0.1) is 0 Å². The first kappa shape index (κ1) is 13.8. The normalized spacial score (nSPS) is 10.0. The Labute approximate surface area is 118 Å². The van der Waals surface area contributed by atoms with Gasteiger partial charge in [-0.1, -0.05) is 41.9 Å². The van der Waals surface area contributed by atoms with E-state index < -0.39 is 5.97 Å². The molecule has 2 rings (SSSR count). The molecule has 0 saturated heterocycles. The fourth-order valence-corrected chi connectivity index (χ4v) is 1.86. The van der Waals surface area contributed by atoms with Gasteiger partial charge >= 0.3 is 5.97 Å². The minimum absolute atomic E-state index is 0.169. The number of pyridine rings is 1. The van der Waals surface area contributed by atoms with Crippen molar-refractivity contribution in [2.75, 3.05) is 0 Å². The van der Waals surface area contributed by atoms with Crippen molar-refractivity contribution in [2.24, 2.45) is 0 Å². The summed E-state index contributed by atoms with van der Waals surface area (Å²) in [4.78, 5) is 15.5. The number of benzene rings is 1. The first-order valence-corrected chi connectivity index (χ1v) is 6.28. The number of aromatic nitrogens is 1. The maximum atomic E-state index is 11.6. The van der Waals surface area contributed by atoms with Crippen LogP contribution in [0.2, 0.25) is 5.02 Å². The van der Waals surface area contributed by atoms with Crippen LogP contribution in [-0.2, 0) is 11.1 Å². The van der Waals surface area contributed by atoms with Gasteiger partial charge in [0.15, 0.2) is 5.75 Å². The highest BCUT2D eigenvalue weighted by Crippen LogP contribution is 2.27. The first-order chi connectivity index (χ1) is 9.22. The Morgan fingerprint density at radius 2 is 2.00 bits per heavy atom. The van der Waals surface area contributed by atoms with Crippen molar-refractivity contribution in [3.63, 3.8) is 0 Å². The lowest BCUT2D eigenvalue weighted by Gasteiger charge is -2.10. The topological polar surface area (TPSA) is 48.4 Å². The van der Waals surface area contributed by atoms with E-state index in [1.165, 1.54) is 12.4 Å². The van der Waals surface area contributed by atoms with Crippen molar-refractivity contribution in [1.82, 2.24) is 4.98 Å². The Bertz CT molecular complexity index is 577. The van der Waals surface area contributed by atoms with Crippen LogP contribution in [0.25, 0.3) is 0 Å². The van der Waals surface area contributed by atoms with Crippen LogP contribution in [0.3, 0.4) is 0 Å². The van der Waals surface area contributed by atoms with E-state index in [4.69, 9.17) is 16.3 Å². The summed E-state index contributed by atoms with van der Waals surface area (Å²) in [6.07, 6.45) is 2.81. The molecule has 1 aromatic heterocycles. The summed E-state index contributed by atoms with van der Waals surface area (Å²) < 4.78 is 10.2. The maximum Gasteiger partial charge on any atom is 0.345 e. The second kappa shape index (κ2) is 6.50. The number of rotatable bonds is 4. The largest absolute Gasteiger partial charge is 0.486 e. The zero-order valence-corrected chi connectivity index (χ0v) is 11.8. The third-order valence-electron chi connectivity index (χ3n) is 2.41. The van der Waals surface area contributed by atoms with E-state index in [2.05, 4.69) is 9.51 Å². The molecule has 1 unspecified atom stereocenters. The van der Waals surface area contributed by atoms with Gasteiger partial charge in [-0.2, -0.15) is 0 Å². The summed E-state index contributed by atoms with van der Waals surface area (Å²) in [5.74, 6) is -0.288. The molecular formula is C13H11ClNO3P. The number of ether oxygens (including phenoxy) is 1. The predicted octanol–water partition coefficient (Wildman–Crippen LogP) is 3.26. The molecular weight excluding hydrogens is 285 g/mol. The van der Waals surface area contributed by atoms with Gasteiger partial charge in [0.2, 0.25) is 0 Å². The molecule has 1 atom stereocenters. The van der Waals surface area contributed by atoms with Crippen molar-refractivity contribution >= 4 is 27.0 Å². The third-order valence-corrected chi connectivity index (χ3v) is 2.91. The number of nitrogens with zero attached hydrogens (tertiary/aromatic N) is 1. The number of hydrogen-bond acceptors (Lipinski definition) is 4. The molecule has 0 aliphatic heterocycles. The Morgan fingerprint density at radius 3 is 2.68 bits per heavy atom. The maximum absolute atomic E-state index is 11.6. The summed E-state index contributed by atoms with van der Waals surface area (Å²) in [5.41, 5.74) is 1.15. The Hall–Kier alpha value is -1.64. The lowest BCUT2D eigenvalue weighted by atomic mass is 10.2. The molecule has 0 radical (unpaired) electrons. The highest BCUT2D eigenvalue weighted by Gasteiger charge is 2.18. The van der Waals surface area contributed by atoms with Gasteiger partial charge < -0.3 is 9.26 Å². The SMILES string of the molecule is O=C(OP)c1c(Cl)cncc1OCc1ccccc1. The highest BCUT2D eigenvalue weighted by molar-refractivity contribution is 7.10. The molecule has 6 heteroatoms. The fourth-order valence-electron chi connectivity index (χ4n) is 1.52. The van der Waals surface area contributed by atoms with Gasteiger partial charge in [-0.3, -0.25) is 4.98 Å². The molecule has 0 amide bonds. The molecule has 4 nitrogen and oxygen atoms in total. The van der Waals surface area contributed by atoms with Crippen LogP contribution >= 0.6 is 21.1 Å². The zero-order chi connectivity index (χ0) is 13.7. The minimum Gasteiger partial charge on any atom is -0.486 e. The van der Waals surface area contributed by atoms with Gasteiger partial charge in [-0.25, -0.2) is 4.79 Å². The van der Waals surface area contributed by atoms with E-state index in [9.17, 15) is 4.79 Å². The van der Waals surface area contributed by atoms with Gasteiger partial charge in [0.1, 0.15) is 12.2 Å².